The van der Waals surface area contributed by atoms with Gasteiger partial charge in [-0.1, -0.05) is 6.07 Å². The first-order valence-electron chi connectivity index (χ1n) is 9.14. The third-order valence-corrected chi connectivity index (χ3v) is 4.04. The van der Waals surface area contributed by atoms with Crippen molar-refractivity contribution in [3.8, 4) is 11.5 Å². The number of nitrogens with zero attached hydrogens (tertiary/aromatic N) is 4. The van der Waals surface area contributed by atoms with Gasteiger partial charge in [0.2, 0.25) is 11.6 Å². The predicted molar refractivity (Wildman–Crippen MR) is 108 cm³/mol. The van der Waals surface area contributed by atoms with Gasteiger partial charge in [-0.05, 0) is 38.0 Å². The van der Waals surface area contributed by atoms with Gasteiger partial charge in [-0.15, -0.1) is 10.2 Å². The second-order valence-corrected chi connectivity index (χ2v) is 6.44. The first kappa shape index (κ1) is 20.2. The number of rotatable bonds is 8. The van der Waals surface area contributed by atoms with E-state index in [0.717, 1.165) is 12.0 Å². The highest BCUT2D eigenvalue weighted by Gasteiger charge is 2.14. The standard InChI is InChI=1S/C19H24N6O4/c1-12(2)29-19(26)22-18-24-23-17-16(21-9-10-25(17)18)20-8-7-13-5-6-14(27-3)15(11-13)28-4/h5-6,9-12H,7-8H2,1-4H3,(H,20,21)(H,22,24,26). The number of fused-ring (bicyclic) bond motifs is 1. The van der Waals surface area contributed by atoms with E-state index in [0.29, 0.717) is 29.5 Å². The van der Waals surface area contributed by atoms with Crippen LogP contribution in [0, 0.1) is 0 Å². The Bertz CT molecular complexity index is 988. The minimum absolute atomic E-state index is 0.232. The Morgan fingerprint density at radius 1 is 1.17 bits per heavy atom. The Morgan fingerprint density at radius 2 is 1.97 bits per heavy atom. The number of ether oxygens (including phenoxy) is 3. The van der Waals surface area contributed by atoms with Crippen molar-refractivity contribution in [1.82, 2.24) is 19.6 Å². The van der Waals surface area contributed by atoms with Crippen LogP contribution < -0.4 is 20.1 Å². The van der Waals surface area contributed by atoms with Gasteiger partial charge < -0.3 is 19.5 Å². The van der Waals surface area contributed by atoms with Gasteiger partial charge in [-0.3, -0.25) is 9.72 Å². The summed E-state index contributed by atoms with van der Waals surface area (Å²) in [5, 5.41) is 13.9. The lowest BCUT2D eigenvalue weighted by atomic mass is 10.1. The van der Waals surface area contributed by atoms with E-state index in [-0.39, 0.29) is 12.1 Å². The van der Waals surface area contributed by atoms with Crippen molar-refractivity contribution in [2.45, 2.75) is 26.4 Å². The van der Waals surface area contributed by atoms with Gasteiger partial charge in [0.05, 0.1) is 20.3 Å². The van der Waals surface area contributed by atoms with Crippen molar-refractivity contribution in [1.29, 1.82) is 0 Å². The summed E-state index contributed by atoms with van der Waals surface area (Å²) in [6, 6.07) is 5.80. The zero-order valence-corrected chi connectivity index (χ0v) is 16.8. The van der Waals surface area contributed by atoms with Crippen molar-refractivity contribution >= 4 is 23.5 Å². The molecule has 2 N–H and O–H groups in total. The van der Waals surface area contributed by atoms with E-state index in [2.05, 4.69) is 25.8 Å². The number of anilines is 2. The Balaban J connectivity index is 1.67. The number of amides is 1. The van der Waals surface area contributed by atoms with E-state index in [1.807, 2.05) is 18.2 Å². The van der Waals surface area contributed by atoms with Gasteiger partial charge in [0.15, 0.2) is 17.3 Å². The first-order valence-corrected chi connectivity index (χ1v) is 9.14. The highest BCUT2D eigenvalue weighted by molar-refractivity contribution is 5.83. The van der Waals surface area contributed by atoms with Crippen LogP contribution in [0.4, 0.5) is 16.6 Å². The maximum Gasteiger partial charge on any atom is 0.414 e. The molecule has 0 fully saturated rings. The quantitative estimate of drug-likeness (QED) is 0.594. The smallest absolute Gasteiger partial charge is 0.414 e. The van der Waals surface area contributed by atoms with Crippen LogP contribution in [0.3, 0.4) is 0 Å². The second-order valence-electron chi connectivity index (χ2n) is 6.44. The molecule has 2 heterocycles. The number of nitrogens with one attached hydrogen (secondary N) is 2. The average Bonchev–Trinajstić information content (AvgIpc) is 3.10. The van der Waals surface area contributed by atoms with Crippen molar-refractivity contribution < 1.29 is 19.0 Å². The van der Waals surface area contributed by atoms with Crippen LogP contribution in [0.1, 0.15) is 19.4 Å². The summed E-state index contributed by atoms with van der Waals surface area (Å²) in [7, 11) is 3.22. The molecule has 0 atom stereocenters. The number of carbonyl (C=O) groups excluding carboxylic acids is 1. The maximum atomic E-state index is 11.8. The molecule has 0 aliphatic heterocycles. The van der Waals surface area contributed by atoms with Crippen LogP contribution in [0.25, 0.3) is 5.65 Å². The molecule has 0 radical (unpaired) electrons. The summed E-state index contributed by atoms with van der Waals surface area (Å²) >= 11 is 0. The molecule has 29 heavy (non-hydrogen) atoms. The zero-order chi connectivity index (χ0) is 20.8. The van der Waals surface area contributed by atoms with Crippen molar-refractivity contribution in [3.05, 3.63) is 36.2 Å². The SMILES string of the molecule is COc1ccc(CCNc2nccn3c(NC(=O)OC(C)C)nnc23)cc1OC. The summed E-state index contributed by atoms with van der Waals surface area (Å²) in [5.41, 5.74) is 1.59. The zero-order valence-electron chi connectivity index (χ0n) is 16.8. The summed E-state index contributed by atoms with van der Waals surface area (Å²) in [6.07, 6.45) is 3.19. The molecule has 1 aromatic carbocycles. The Labute approximate surface area is 168 Å². The van der Waals surface area contributed by atoms with Crippen LogP contribution in [-0.2, 0) is 11.2 Å². The number of aromatic nitrogens is 4. The fourth-order valence-corrected chi connectivity index (χ4v) is 2.73. The van der Waals surface area contributed by atoms with Crippen LogP contribution >= 0.6 is 0 Å². The Hall–Kier alpha value is -3.56. The fourth-order valence-electron chi connectivity index (χ4n) is 2.73. The van der Waals surface area contributed by atoms with Gasteiger partial charge in [-0.25, -0.2) is 9.78 Å². The molecular formula is C19H24N6O4. The first-order chi connectivity index (χ1) is 14.0. The Kier molecular flexibility index (Phi) is 6.32. The number of carbonyl (C=O) groups is 1. The lowest BCUT2D eigenvalue weighted by Gasteiger charge is -2.11. The molecule has 0 saturated heterocycles. The molecule has 0 spiro atoms. The largest absolute Gasteiger partial charge is 0.493 e. The van der Waals surface area contributed by atoms with Gasteiger partial charge in [0.25, 0.3) is 0 Å². The van der Waals surface area contributed by atoms with Crippen LogP contribution in [-0.4, -0.2) is 52.5 Å². The molecule has 0 unspecified atom stereocenters. The molecule has 0 saturated carbocycles. The number of hydrogen-bond donors (Lipinski definition) is 2. The molecule has 154 valence electrons. The van der Waals surface area contributed by atoms with Crippen LogP contribution in [0.15, 0.2) is 30.6 Å². The summed E-state index contributed by atoms with van der Waals surface area (Å²) in [6.45, 7) is 4.16. The van der Waals surface area contributed by atoms with Gasteiger partial charge >= 0.3 is 6.09 Å². The Morgan fingerprint density at radius 3 is 2.69 bits per heavy atom. The molecule has 10 nitrogen and oxygen atoms in total. The van der Waals surface area contributed by atoms with Crippen LogP contribution in [0.2, 0.25) is 0 Å². The van der Waals surface area contributed by atoms with Crippen molar-refractivity contribution in [2.75, 3.05) is 31.4 Å². The molecule has 0 aliphatic rings. The molecule has 3 rings (SSSR count). The monoisotopic (exact) mass is 400 g/mol. The summed E-state index contributed by atoms with van der Waals surface area (Å²) in [4.78, 5) is 16.1. The van der Waals surface area contributed by atoms with E-state index in [1.54, 1.807) is 44.9 Å². The van der Waals surface area contributed by atoms with Gasteiger partial charge in [0, 0.05) is 18.9 Å². The molecule has 3 aromatic rings. The van der Waals surface area contributed by atoms with E-state index < -0.39 is 6.09 Å². The average molecular weight is 400 g/mol. The highest BCUT2D eigenvalue weighted by Crippen LogP contribution is 2.27. The molecule has 10 heteroatoms. The number of methoxy groups -OCH3 is 2. The maximum absolute atomic E-state index is 11.8. The third kappa shape index (κ3) is 4.84. The molecule has 0 bridgehead atoms. The molecule has 1 amide bonds. The number of hydrogen-bond acceptors (Lipinski definition) is 8. The summed E-state index contributed by atoms with van der Waals surface area (Å²) < 4.78 is 17.3. The second kappa shape index (κ2) is 9.09. The van der Waals surface area contributed by atoms with E-state index >= 15 is 0 Å². The normalized spacial score (nSPS) is 10.8. The van der Waals surface area contributed by atoms with E-state index in [1.165, 1.54) is 0 Å². The lowest BCUT2D eigenvalue weighted by Crippen LogP contribution is -2.19. The molecular weight excluding hydrogens is 376 g/mol. The summed E-state index contributed by atoms with van der Waals surface area (Å²) in [5.74, 6) is 2.20. The molecule has 2 aromatic heterocycles. The predicted octanol–water partition coefficient (Wildman–Crippen LogP) is 2.75. The van der Waals surface area contributed by atoms with Gasteiger partial charge in [0.1, 0.15) is 0 Å². The molecule has 0 aliphatic carbocycles. The highest BCUT2D eigenvalue weighted by atomic mass is 16.6. The number of benzene rings is 1. The van der Waals surface area contributed by atoms with Crippen LogP contribution in [0.5, 0.6) is 11.5 Å². The fraction of sp³-hybridized carbons (Fsp3) is 0.368. The minimum atomic E-state index is -0.589. The van der Waals surface area contributed by atoms with Crippen molar-refractivity contribution in [3.63, 3.8) is 0 Å². The topological polar surface area (TPSA) is 112 Å². The van der Waals surface area contributed by atoms with Crippen molar-refractivity contribution in [2.24, 2.45) is 0 Å². The minimum Gasteiger partial charge on any atom is -0.493 e. The lowest BCUT2D eigenvalue weighted by molar-refractivity contribution is 0.129. The van der Waals surface area contributed by atoms with Gasteiger partial charge in [-0.2, -0.15) is 0 Å². The van der Waals surface area contributed by atoms with E-state index in [9.17, 15) is 4.79 Å². The van der Waals surface area contributed by atoms with E-state index in [4.69, 9.17) is 14.2 Å². The third-order valence-electron chi connectivity index (χ3n) is 4.04.